The summed E-state index contributed by atoms with van der Waals surface area (Å²) in [6, 6.07) is 3.36. The van der Waals surface area contributed by atoms with E-state index in [0.717, 1.165) is 19.4 Å². The van der Waals surface area contributed by atoms with Crippen molar-refractivity contribution in [1.82, 2.24) is 10.3 Å². The van der Waals surface area contributed by atoms with E-state index in [9.17, 15) is 4.79 Å². The van der Waals surface area contributed by atoms with Gasteiger partial charge in [0.15, 0.2) is 0 Å². The number of carbonyl (C=O) groups excluding carboxylic acids is 1. The van der Waals surface area contributed by atoms with Crippen LogP contribution in [0.2, 0.25) is 5.15 Å². The smallest absolute Gasteiger partial charge is 0.251 e. The maximum atomic E-state index is 12.3. The molecule has 0 saturated carbocycles. The zero-order chi connectivity index (χ0) is 15.3. The summed E-state index contributed by atoms with van der Waals surface area (Å²) >= 11 is 7.93. The third-order valence-corrected chi connectivity index (χ3v) is 5.27. The molecular formula is C15H22ClN3OS. The average molecular weight is 328 g/mol. The molecule has 1 fully saturated rings. The zero-order valence-corrected chi connectivity index (χ0v) is 14.1. The number of nitrogens with one attached hydrogen (secondary N) is 2. The van der Waals surface area contributed by atoms with Crippen molar-refractivity contribution in [2.45, 2.75) is 37.9 Å². The van der Waals surface area contributed by atoms with Crippen molar-refractivity contribution in [3.05, 3.63) is 22.8 Å². The Morgan fingerprint density at radius 3 is 3.00 bits per heavy atom. The van der Waals surface area contributed by atoms with Gasteiger partial charge in [0.25, 0.3) is 5.91 Å². The van der Waals surface area contributed by atoms with E-state index in [-0.39, 0.29) is 10.7 Å². The number of rotatable bonds is 6. The zero-order valence-electron chi connectivity index (χ0n) is 12.5. The van der Waals surface area contributed by atoms with E-state index in [0.29, 0.717) is 23.1 Å². The molecule has 1 unspecified atom stereocenters. The predicted molar refractivity (Wildman–Crippen MR) is 90.5 cm³/mol. The number of anilines is 1. The van der Waals surface area contributed by atoms with Crippen LogP contribution in [0.15, 0.2) is 12.1 Å². The van der Waals surface area contributed by atoms with E-state index in [1.807, 2.05) is 11.8 Å². The summed E-state index contributed by atoms with van der Waals surface area (Å²) in [5.74, 6) is 1.74. The van der Waals surface area contributed by atoms with Gasteiger partial charge in [-0.05, 0) is 44.1 Å². The van der Waals surface area contributed by atoms with Crippen LogP contribution >= 0.6 is 23.4 Å². The fraction of sp³-hybridized carbons (Fsp3) is 0.600. The van der Waals surface area contributed by atoms with Crippen molar-refractivity contribution in [1.29, 1.82) is 0 Å². The van der Waals surface area contributed by atoms with Crippen LogP contribution in [0.5, 0.6) is 0 Å². The van der Waals surface area contributed by atoms with E-state index in [1.165, 1.54) is 12.2 Å². The molecule has 21 heavy (non-hydrogen) atoms. The summed E-state index contributed by atoms with van der Waals surface area (Å²) in [6.07, 6.45) is 3.37. The highest BCUT2D eigenvalue weighted by molar-refractivity contribution is 8.00. The molecule has 2 N–H and O–H groups in total. The second kappa shape index (κ2) is 7.36. The Morgan fingerprint density at radius 2 is 2.33 bits per heavy atom. The van der Waals surface area contributed by atoms with Crippen molar-refractivity contribution in [3.63, 3.8) is 0 Å². The normalized spacial score (nSPS) is 21.3. The lowest BCUT2D eigenvalue weighted by atomic mass is 10.1. The molecule has 1 aliphatic rings. The standard InChI is InChI=1S/C15H22ClN3OS/c1-3-6-17-13-9-11(8-12(16)19-13)14(20)18-10-15(2)5-4-7-21-15/h8-9H,3-7,10H2,1-2H3,(H,17,19)(H,18,20). The lowest BCUT2D eigenvalue weighted by molar-refractivity contribution is 0.0950. The minimum Gasteiger partial charge on any atom is -0.370 e. The maximum Gasteiger partial charge on any atom is 0.251 e. The number of aromatic nitrogens is 1. The molecule has 1 atom stereocenters. The van der Waals surface area contributed by atoms with E-state index in [2.05, 4.69) is 29.5 Å². The highest BCUT2D eigenvalue weighted by Gasteiger charge is 2.29. The van der Waals surface area contributed by atoms with Gasteiger partial charge in [0, 0.05) is 23.4 Å². The SMILES string of the molecule is CCCNc1cc(C(=O)NCC2(C)CCCS2)cc(Cl)n1. The third kappa shape index (κ3) is 4.78. The molecule has 2 rings (SSSR count). The minimum atomic E-state index is -0.0902. The first-order chi connectivity index (χ1) is 10.0. The van der Waals surface area contributed by atoms with Gasteiger partial charge in [-0.3, -0.25) is 4.79 Å². The molecule has 0 aliphatic carbocycles. The van der Waals surface area contributed by atoms with Crippen LogP contribution in [-0.4, -0.2) is 34.5 Å². The molecule has 6 heteroatoms. The summed E-state index contributed by atoms with van der Waals surface area (Å²) in [5, 5.41) is 6.51. The lowest BCUT2D eigenvalue weighted by Gasteiger charge is -2.22. The average Bonchev–Trinajstić information content (AvgIpc) is 2.89. The van der Waals surface area contributed by atoms with Gasteiger partial charge in [0.1, 0.15) is 11.0 Å². The van der Waals surface area contributed by atoms with Crippen LogP contribution in [0, 0.1) is 0 Å². The largest absolute Gasteiger partial charge is 0.370 e. The number of hydrogen-bond acceptors (Lipinski definition) is 4. The molecule has 0 spiro atoms. The number of halogens is 1. The summed E-state index contributed by atoms with van der Waals surface area (Å²) in [7, 11) is 0. The van der Waals surface area contributed by atoms with Crippen LogP contribution in [0.25, 0.3) is 0 Å². The second-order valence-electron chi connectivity index (χ2n) is 5.58. The molecule has 0 radical (unpaired) electrons. The first kappa shape index (κ1) is 16.4. The van der Waals surface area contributed by atoms with Crippen molar-refractivity contribution in [2.24, 2.45) is 0 Å². The number of nitrogens with zero attached hydrogens (tertiary/aromatic N) is 1. The van der Waals surface area contributed by atoms with E-state index in [4.69, 9.17) is 11.6 Å². The van der Waals surface area contributed by atoms with Crippen molar-refractivity contribution >= 4 is 35.1 Å². The highest BCUT2D eigenvalue weighted by Crippen LogP contribution is 2.37. The molecule has 1 saturated heterocycles. The second-order valence-corrected chi connectivity index (χ2v) is 7.64. The Bertz CT molecular complexity index is 504. The van der Waals surface area contributed by atoms with Gasteiger partial charge in [-0.25, -0.2) is 4.98 Å². The molecule has 0 aromatic carbocycles. The molecular weight excluding hydrogens is 306 g/mol. The van der Waals surface area contributed by atoms with Crippen LogP contribution in [0.1, 0.15) is 43.5 Å². The fourth-order valence-electron chi connectivity index (χ4n) is 2.32. The summed E-state index contributed by atoms with van der Waals surface area (Å²) in [5.41, 5.74) is 0.556. The lowest BCUT2D eigenvalue weighted by Crippen LogP contribution is -2.36. The Balaban J connectivity index is 1.99. The summed E-state index contributed by atoms with van der Waals surface area (Å²) < 4.78 is 0.162. The third-order valence-electron chi connectivity index (χ3n) is 3.54. The number of hydrogen-bond donors (Lipinski definition) is 2. The van der Waals surface area contributed by atoms with Gasteiger partial charge in [-0.2, -0.15) is 11.8 Å². The van der Waals surface area contributed by atoms with Gasteiger partial charge in [-0.15, -0.1) is 0 Å². The maximum absolute atomic E-state index is 12.3. The molecule has 0 bridgehead atoms. The van der Waals surface area contributed by atoms with E-state index < -0.39 is 0 Å². The number of thioether (sulfide) groups is 1. The van der Waals surface area contributed by atoms with Crippen LogP contribution < -0.4 is 10.6 Å². The van der Waals surface area contributed by atoms with Crippen LogP contribution in [0.3, 0.4) is 0 Å². The van der Waals surface area contributed by atoms with Crippen LogP contribution in [-0.2, 0) is 0 Å². The van der Waals surface area contributed by atoms with E-state index >= 15 is 0 Å². The van der Waals surface area contributed by atoms with Crippen LogP contribution in [0.4, 0.5) is 5.82 Å². The van der Waals surface area contributed by atoms with Gasteiger partial charge in [-0.1, -0.05) is 18.5 Å². The van der Waals surface area contributed by atoms with Gasteiger partial charge >= 0.3 is 0 Å². The van der Waals surface area contributed by atoms with Gasteiger partial charge < -0.3 is 10.6 Å². The highest BCUT2D eigenvalue weighted by atomic mass is 35.5. The Morgan fingerprint density at radius 1 is 1.52 bits per heavy atom. The molecule has 1 aromatic rings. The summed E-state index contributed by atoms with van der Waals surface area (Å²) in [6.45, 7) is 5.78. The first-order valence-corrected chi connectivity index (χ1v) is 8.72. The number of carbonyl (C=O) groups is 1. The summed E-state index contributed by atoms with van der Waals surface area (Å²) in [4.78, 5) is 16.5. The predicted octanol–water partition coefficient (Wildman–Crippen LogP) is 3.57. The first-order valence-electron chi connectivity index (χ1n) is 7.36. The Kier molecular flexibility index (Phi) is 5.76. The molecule has 116 valence electrons. The van der Waals surface area contributed by atoms with E-state index in [1.54, 1.807) is 12.1 Å². The minimum absolute atomic E-state index is 0.0902. The van der Waals surface area contributed by atoms with Gasteiger partial charge in [0.05, 0.1) is 0 Å². The Labute approximate surface area is 135 Å². The monoisotopic (exact) mass is 327 g/mol. The molecule has 4 nitrogen and oxygen atoms in total. The van der Waals surface area contributed by atoms with Gasteiger partial charge in [0.2, 0.25) is 0 Å². The van der Waals surface area contributed by atoms with Crippen molar-refractivity contribution < 1.29 is 4.79 Å². The molecule has 1 aliphatic heterocycles. The quantitative estimate of drug-likeness (QED) is 0.784. The fourth-order valence-corrected chi connectivity index (χ4v) is 3.77. The molecule has 1 aromatic heterocycles. The Hall–Kier alpha value is -0.940. The molecule has 2 heterocycles. The van der Waals surface area contributed by atoms with Crippen molar-refractivity contribution in [3.8, 4) is 0 Å². The molecule has 1 amide bonds. The van der Waals surface area contributed by atoms with Crippen molar-refractivity contribution in [2.75, 3.05) is 24.2 Å². The number of amides is 1. The topological polar surface area (TPSA) is 54.0 Å². The number of pyridine rings is 1.